The molecule has 0 fully saturated rings. The minimum atomic E-state index is -5.42. The lowest BCUT2D eigenvalue weighted by molar-refractivity contribution is -0.385. The number of halogens is 6. The van der Waals surface area contributed by atoms with Gasteiger partial charge in [-0.1, -0.05) is 36.4 Å². The molecule has 0 bridgehead atoms. The number of imide groups is 1. The third kappa shape index (κ3) is 6.16. The van der Waals surface area contributed by atoms with Crippen molar-refractivity contribution in [3.63, 3.8) is 0 Å². The summed E-state index contributed by atoms with van der Waals surface area (Å²) in [4.78, 5) is 48.0. The average Bonchev–Trinajstić information content (AvgIpc) is 2.77. The van der Waals surface area contributed by atoms with Gasteiger partial charge in [-0.3, -0.25) is 29.8 Å². The van der Waals surface area contributed by atoms with E-state index in [9.17, 15) is 50.8 Å². The van der Waals surface area contributed by atoms with Gasteiger partial charge in [-0.25, -0.2) is 0 Å². The lowest BCUT2D eigenvalue weighted by Crippen LogP contribution is -2.59. The minimum absolute atomic E-state index is 0.228. The summed E-state index contributed by atoms with van der Waals surface area (Å²) in [5.41, 5.74) is -10.5. The highest BCUT2D eigenvalue weighted by Crippen LogP contribution is 2.39. The van der Waals surface area contributed by atoms with Gasteiger partial charge in [0.2, 0.25) is 5.60 Å². The molecule has 2 N–H and O–H groups in total. The van der Waals surface area contributed by atoms with E-state index in [-0.39, 0.29) is 11.6 Å². The fourth-order valence-corrected chi connectivity index (χ4v) is 3.00. The maximum Gasteiger partial charge on any atom is 0.426 e. The van der Waals surface area contributed by atoms with E-state index in [1.807, 2.05) is 0 Å². The van der Waals surface area contributed by atoms with Crippen molar-refractivity contribution in [2.45, 2.75) is 37.4 Å². The largest absolute Gasteiger partial charge is 0.426 e. The van der Waals surface area contributed by atoms with Crippen LogP contribution in [0.5, 0.6) is 0 Å². The second-order valence-electron chi connectivity index (χ2n) is 7.24. The predicted octanol–water partition coefficient (Wildman–Crippen LogP) is 4.04. The third-order valence-electron chi connectivity index (χ3n) is 4.83. The Hall–Kier alpha value is -4.01. The standard InChI is InChI=1S/C21H17F6N3O6/c1-2-3-9-19(21(25,26)27,36-11-12-7-5-4-6-8-12)18(33)29-17(32)15-14(30(34)35)10-13(16(31)28-15)20(22,23)24/h2,4-8,10H,1,3,9,11H2,(H,28,31)(H,29,32,33)/t19-/m1/s1. The van der Waals surface area contributed by atoms with Gasteiger partial charge in [-0.15, -0.1) is 6.58 Å². The van der Waals surface area contributed by atoms with Crippen molar-refractivity contribution in [2.24, 2.45) is 0 Å². The van der Waals surface area contributed by atoms with Gasteiger partial charge in [-0.05, 0) is 18.4 Å². The smallest absolute Gasteiger partial charge is 0.352 e. The maximum atomic E-state index is 14.1. The number of amides is 2. The Kier molecular flexibility index (Phi) is 8.41. The SMILES string of the molecule is C=CCC[C@@](OCc1ccccc1)(C(=O)NC(=O)c1[nH]c(=O)c(C(F)(F)F)cc1[N+](=O)[O-])C(F)(F)F. The minimum Gasteiger partial charge on any atom is -0.352 e. The molecule has 0 aliphatic rings. The van der Waals surface area contributed by atoms with Crippen LogP contribution in [-0.2, 0) is 22.3 Å². The topological polar surface area (TPSA) is 131 Å². The second-order valence-corrected chi connectivity index (χ2v) is 7.24. The van der Waals surface area contributed by atoms with Crippen LogP contribution in [0.15, 0.2) is 53.8 Å². The summed E-state index contributed by atoms with van der Waals surface area (Å²) in [6.45, 7) is 2.53. The van der Waals surface area contributed by atoms with Crippen molar-refractivity contribution in [3.8, 4) is 0 Å². The van der Waals surface area contributed by atoms with Crippen molar-refractivity contribution in [1.29, 1.82) is 0 Å². The molecule has 2 aromatic rings. The van der Waals surface area contributed by atoms with Crippen LogP contribution in [0.1, 0.15) is 34.5 Å². The molecule has 2 rings (SSSR count). The number of carbonyl (C=O) groups is 2. The van der Waals surface area contributed by atoms with Crippen LogP contribution in [0.25, 0.3) is 0 Å². The summed E-state index contributed by atoms with van der Waals surface area (Å²) in [5.74, 6) is -4.05. The molecule has 0 spiro atoms. The van der Waals surface area contributed by atoms with Crippen molar-refractivity contribution < 1.29 is 45.6 Å². The summed E-state index contributed by atoms with van der Waals surface area (Å²) in [5, 5.41) is 12.5. The van der Waals surface area contributed by atoms with Crippen molar-refractivity contribution in [1.82, 2.24) is 10.3 Å². The molecule has 0 unspecified atom stereocenters. The number of carbonyl (C=O) groups excluding carboxylic acids is 2. The number of H-pyrrole nitrogens is 1. The lowest BCUT2D eigenvalue weighted by Gasteiger charge is -2.33. The number of alkyl halides is 6. The molecule has 0 aliphatic heterocycles. The number of rotatable bonds is 9. The molecule has 2 amide bonds. The molecule has 1 aromatic carbocycles. The van der Waals surface area contributed by atoms with E-state index in [1.165, 1.54) is 34.6 Å². The zero-order valence-electron chi connectivity index (χ0n) is 18.0. The number of nitro groups is 1. The van der Waals surface area contributed by atoms with Crippen molar-refractivity contribution in [3.05, 3.63) is 86.3 Å². The normalized spacial score (nSPS) is 13.5. The first-order chi connectivity index (χ1) is 16.6. The van der Waals surface area contributed by atoms with E-state index in [1.54, 1.807) is 6.07 Å². The number of ether oxygens (including phenoxy) is 1. The Bertz CT molecular complexity index is 1210. The molecule has 15 heteroatoms. The number of hydrogen-bond acceptors (Lipinski definition) is 6. The van der Waals surface area contributed by atoms with Gasteiger partial charge in [0, 0.05) is 6.07 Å². The number of allylic oxidation sites excluding steroid dienone is 1. The molecule has 0 saturated heterocycles. The number of aromatic nitrogens is 1. The molecular formula is C21H17F6N3O6. The van der Waals surface area contributed by atoms with Gasteiger partial charge in [-0.2, -0.15) is 26.3 Å². The summed E-state index contributed by atoms with van der Waals surface area (Å²) < 4.78 is 86.1. The molecule has 1 heterocycles. The van der Waals surface area contributed by atoms with Gasteiger partial charge in [0.15, 0.2) is 5.69 Å². The Morgan fingerprint density at radius 3 is 2.25 bits per heavy atom. The van der Waals surface area contributed by atoms with E-state index in [0.717, 1.165) is 6.08 Å². The quantitative estimate of drug-likeness (QED) is 0.222. The number of pyridine rings is 1. The Morgan fingerprint density at radius 1 is 1.14 bits per heavy atom. The van der Waals surface area contributed by atoms with Crippen LogP contribution in [-0.4, -0.2) is 33.5 Å². The van der Waals surface area contributed by atoms with Gasteiger partial charge >= 0.3 is 12.4 Å². The van der Waals surface area contributed by atoms with Crippen LogP contribution in [0.4, 0.5) is 32.0 Å². The van der Waals surface area contributed by atoms with E-state index in [2.05, 4.69) is 6.58 Å². The number of benzene rings is 1. The molecule has 1 atom stereocenters. The van der Waals surface area contributed by atoms with Crippen molar-refractivity contribution in [2.75, 3.05) is 0 Å². The Morgan fingerprint density at radius 2 is 1.75 bits per heavy atom. The molecule has 0 aliphatic carbocycles. The summed E-state index contributed by atoms with van der Waals surface area (Å²) in [7, 11) is 0. The third-order valence-corrected chi connectivity index (χ3v) is 4.83. The molecule has 0 radical (unpaired) electrons. The summed E-state index contributed by atoms with van der Waals surface area (Å²) in [6.07, 6.45) is -11.2. The highest BCUT2D eigenvalue weighted by atomic mass is 19.4. The Balaban J connectivity index is 2.50. The fraction of sp³-hybridized carbons (Fsp3) is 0.286. The first kappa shape index (κ1) is 28.2. The summed E-state index contributed by atoms with van der Waals surface area (Å²) in [6, 6.07) is 7.07. The first-order valence-corrected chi connectivity index (χ1v) is 9.84. The average molecular weight is 521 g/mol. The van der Waals surface area contributed by atoms with Crippen molar-refractivity contribution >= 4 is 17.5 Å². The zero-order valence-corrected chi connectivity index (χ0v) is 18.0. The highest BCUT2D eigenvalue weighted by molar-refractivity contribution is 6.08. The number of nitrogens with zero attached hydrogens (tertiary/aromatic N) is 1. The Labute approximate surface area is 197 Å². The molecule has 36 heavy (non-hydrogen) atoms. The lowest BCUT2D eigenvalue weighted by atomic mass is 9.94. The van der Waals surface area contributed by atoms with Crippen LogP contribution in [0.3, 0.4) is 0 Å². The zero-order chi connectivity index (χ0) is 27.3. The molecule has 0 saturated carbocycles. The van der Waals surface area contributed by atoms with Crippen LogP contribution in [0.2, 0.25) is 0 Å². The molecule has 9 nitrogen and oxygen atoms in total. The number of nitrogens with one attached hydrogen (secondary N) is 2. The second kappa shape index (κ2) is 10.7. The van der Waals surface area contributed by atoms with E-state index in [4.69, 9.17) is 4.74 Å². The van der Waals surface area contributed by atoms with Gasteiger partial charge < -0.3 is 9.72 Å². The van der Waals surface area contributed by atoms with Crippen LogP contribution < -0.4 is 10.9 Å². The number of aromatic amines is 1. The predicted molar refractivity (Wildman–Crippen MR) is 111 cm³/mol. The van der Waals surface area contributed by atoms with E-state index in [0.29, 0.717) is 0 Å². The monoisotopic (exact) mass is 521 g/mol. The van der Waals surface area contributed by atoms with Crippen LogP contribution in [0, 0.1) is 10.1 Å². The van der Waals surface area contributed by atoms with Gasteiger partial charge in [0.05, 0.1) is 11.5 Å². The van der Waals surface area contributed by atoms with Gasteiger partial charge in [0.25, 0.3) is 23.1 Å². The summed E-state index contributed by atoms with van der Waals surface area (Å²) >= 11 is 0. The molecule has 194 valence electrons. The van der Waals surface area contributed by atoms with E-state index >= 15 is 0 Å². The number of hydrogen-bond donors (Lipinski definition) is 2. The van der Waals surface area contributed by atoms with Gasteiger partial charge in [0.1, 0.15) is 5.56 Å². The maximum absolute atomic E-state index is 14.1. The molecule has 1 aromatic heterocycles. The first-order valence-electron chi connectivity index (χ1n) is 9.84. The van der Waals surface area contributed by atoms with Crippen LogP contribution >= 0.6 is 0 Å². The molecular weight excluding hydrogens is 504 g/mol. The highest BCUT2D eigenvalue weighted by Gasteiger charge is 2.61. The fourth-order valence-electron chi connectivity index (χ4n) is 3.00. The van der Waals surface area contributed by atoms with E-state index < -0.39 is 76.6 Å².